The Bertz CT molecular complexity index is 25.4. The molecule has 0 aromatic rings. The summed E-state index contributed by atoms with van der Waals surface area (Å²) in [6.07, 6.45) is 0. The van der Waals surface area contributed by atoms with Crippen LogP contribution < -0.4 is 0 Å². The van der Waals surface area contributed by atoms with Gasteiger partial charge in [-0.2, -0.15) is 0 Å². The molecule has 0 saturated carbocycles. The second kappa shape index (κ2) is 454. The maximum atomic E-state index is 0. The molecule has 0 atom stereocenters. The minimum Gasteiger partial charge on any atom is -2.00 e. The standard InChI is InChI=1S/2Ge.2In.11O.2Sn/q2*+4;2*+3;11*-2;2*+4. The minimum atomic E-state index is 0. The first kappa shape index (κ1) is 528. The van der Waals surface area contributed by atoms with Crippen molar-refractivity contribution in [2.75, 3.05) is 0 Å². The Morgan fingerprint density at radius 1 is 0.235 bits per heavy atom. The van der Waals surface area contributed by atoms with Crippen LogP contribution in [-0.2, 0) is 60.2 Å². The van der Waals surface area contributed by atoms with Crippen molar-refractivity contribution in [2.24, 2.45) is 0 Å². The molecule has 11 nitrogen and oxygen atoms in total. The van der Waals surface area contributed by atoms with E-state index in [-0.39, 0.29) is 195 Å². The molecule has 0 aliphatic rings. The quantitative estimate of drug-likeness (QED) is 0.215. The summed E-state index contributed by atoms with van der Waals surface area (Å²) < 4.78 is 0. The maximum Gasteiger partial charge on any atom is 4.00 e. The fraction of sp³-hybridized carbons (Fsp3) is 0. The van der Waals surface area contributed by atoms with E-state index in [4.69, 9.17) is 0 Å². The van der Waals surface area contributed by atoms with E-state index in [2.05, 4.69) is 0 Å². The molecule has 0 radical (unpaired) electrons. The fourth-order valence-corrected chi connectivity index (χ4v) is 0. The van der Waals surface area contributed by atoms with Crippen molar-refractivity contribution < 1.29 is 60.2 Å². The predicted molar refractivity (Wildman–Crippen MR) is 42.1 cm³/mol. The van der Waals surface area contributed by atoms with E-state index in [0.29, 0.717) is 0 Å². The molecule has 0 rings (SSSR count). The second-order valence-electron chi connectivity index (χ2n) is 0. The predicted octanol–water partition coefficient (Wildman–Crippen LogP) is -3.59. The molecule has 0 saturated heterocycles. The van der Waals surface area contributed by atoms with Crippen molar-refractivity contribution in [1.29, 1.82) is 0 Å². The monoisotopic (exact) mass is 793 g/mol. The van der Waals surface area contributed by atoms with Gasteiger partial charge < -0.3 is 60.2 Å². The molecule has 0 aromatic carbocycles. The maximum absolute atomic E-state index is 0. The zero-order valence-corrected chi connectivity index (χ0v) is 24.1. The second-order valence-corrected chi connectivity index (χ2v) is 0. The van der Waals surface area contributed by atoms with Crippen LogP contribution in [0.1, 0.15) is 0 Å². The van der Waals surface area contributed by atoms with Crippen molar-refractivity contribution in [3.05, 3.63) is 0 Å². The third-order valence-corrected chi connectivity index (χ3v) is 0. The van der Waals surface area contributed by atoms with Crippen molar-refractivity contribution in [3.8, 4) is 0 Å². The van der Waals surface area contributed by atoms with Gasteiger partial charge in [0, 0.05) is 0 Å². The Morgan fingerprint density at radius 2 is 0.235 bits per heavy atom. The van der Waals surface area contributed by atoms with Gasteiger partial charge in [0.15, 0.2) is 0 Å². The molecule has 0 amide bonds. The van der Waals surface area contributed by atoms with Gasteiger partial charge in [0.1, 0.15) is 0 Å². The molecule has 17 heavy (non-hydrogen) atoms. The Labute approximate surface area is 192 Å². The summed E-state index contributed by atoms with van der Waals surface area (Å²) in [7, 11) is 0. The molecule has 0 fully saturated rings. The molecule has 0 aliphatic heterocycles. The van der Waals surface area contributed by atoms with Crippen molar-refractivity contribution in [3.63, 3.8) is 0 Å². The first-order valence-corrected chi connectivity index (χ1v) is 0. The molecule has 0 heterocycles. The number of hydrogen-bond donors (Lipinski definition) is 0. The average Bonchev–Trinajstić information content (AvgIpc) is 0. The molecule has 17 heteroatoms. The topological polar surface area (TPSA) is 314 Å². The van der Waals surface area contributed by atoms with E-state index in [1.807, 2.05) is 0 Å². The molecule has 0 aromatic heterocycles. The molecular weight excluding hydrogens is 788 g/mol. The summed E-state index contributed by atoms with van der Waals surface area (Å²) in [6, 6.07) is 0. The largest absolute Gasteiger partial charge is 4.00 e. The van der Waals surface area contributed by atoms with Crippen LogP contribution in [0.3, 0.4) is 0 Å². The van der Waals surface area contributed by atoms with Crippen molar-refractivity contribution >= 4 is 135 Å². The fourth-order valence-electron chi connectivity index (χ4n) is 0. The summed E-state index contributed by atoms with van der Waals surface area (Å²) in [5.41, 5.74) is 0. The number of rotatable bonds is 0. The molecular formula is Ge2In2O11Sn2. The van der Waals surface area contributed by atoms with Crippen LogP contribution in [0.2, 0.25) is 0 Å². The van der Waals surface area contributed by atoms with E-state index in [1.165, 1.54) is 0 Å². The summed E-state index contributed by atoms with van der Waals surface area (Å²) in [5.74, 6) is 0. The van der Waals surface area contributed by atoms with Gasteiger partial charge >= 0.3 is 135 Å². The van der Waals surface area contributed by atoms with Gasteiger partial charge in [-0.05, 0) is 0 Å². The average molecular weight is 788 g/mol. The summed E-state index contributed by atoms with van der Waals surface area (Å²) in [6.45, 7) is 0. The molecule has 0 aliphatic carbocycles. The zero-order chi connectivity index (χ0) is 0. The van der Waals surface area contributed by atoms with Crippen LogP contribution in [0.15, 0.2) is 0 Å². The normalized spacial score (nSPS) is 0. The zero-order valence-electron chi connectivity index (χ0n) is 7.65. The molecule has 0 spiro atoms. The van der Waals surface area contributed by atoms with E-state index >= 15 is 0 Å². The van der Waals surface area contributed by atoms with Crippen LogP contribution in [-0.4, -0.2) is 135 Å². The van der Waals surface area contributed by atoms with Gasteiger partial charge in [-0.1, -0.05) is 0 Å². The first-order chi connectivity index (χ1) is 0. The first-order valence-electron chi connectivity index (χ1n) is 0. The van der Waals surface area contributed by atoms with Crippen LogP contribution in [0.4, 0.5) is 0 Å². The van der Waals surface area contributed by atoms with Gasteiger partial charge in [-0.15, -0.1) is 0 Å². The third kappa shape index (κ3) is 407. The summed E-state index contributed by atoms with van der Waals surface area (Å²) in [5, 5.41) is 0. The van der Waals surface area contributed by atoms with Gasteiger partial charge in [-0.25, -0.2) is 0 Å². The van der Waals surface area contributed by atoms with Crippen LogP contribution in [0.25, 0.3) is 0 Å². The van der Waals surface area contributed by atoms with E-state index in [1.54, 1.807) is 0 Å². The van der Waals surface area contributed by atoms with E-state index in [9.17, 15) is 0 Å². The van der Waals surface area contributed by atoms with Gasteiger partial charge in [0.25, 0.3) is 0 Å². The van der Waals surface area contributed by atoms with E-state index < -0.39 is 0 Å². The smallest absolute Gasteiger partial charge is 2.00 e. The molecule has 0 unspecified atom stereocenters. The molecule has 0 bridgehead atoms. The summed E-state index contributed by atoms with van der Waals surface area (Å²) >= 11 is 0. The van der Waals surface area contributed by atoms with E-state index in [0.717, 1.165) is 0 Å². The van der Waals surface area contributed by atoms with Gasteiger partial charge in [0.05, 0.1) is 0 Å². The minimum absolute atomic E-state index is 0. The van der Waals surface area contributed by atoms with Crippen LogP contribution in [0.5, 0.6) is 0 Å². The van der Waals surface area contributed by atoms with Gasteiger partial charge in [0.2, 0.25) is 0 Å². The van der Waals surface area contributed by atoms with Crippen LogP contribution >= 0.6 is 0 Å². The van der Waals surface area contributed by atoms with Crippen molar-refractivity contribution in [1.82, 2.24) is 0 Å². The third-order valence-electron chi connectivity index (χ3n) is 0. The molecule has 88 valence electrons. The molecule has 0 N–H and O–H groups in total. The van der Waals surface area contributed by atoms with Crippen molar-refractivity contribution in [2.45, 2.75) is 0 Å². The SMILES string of the molecule is [Ge+4].[Ge+4].[In+3].[In+3].[O-2].[O-2].[O-2].[O-2].[O-2].[O-2].[O-2].[O-2].[O-2].[O-2].[O-2].[Sn+4].[Sn+4]. The Balaban J connectivity index is 0. The Kier molecular flexibility index (Phi) is 14100. The summed E-state index contributed by atoms with van der Waals surface area (Å²) in [4.78, 5) is 0. The Morgan fingerprint density at radius 3 is 0.235 bits per heavy atom. The number of hydrogen-bond acceptors (Lipinski definition) is 0. The Hall–Kier alpha value is 3.98. The van der Waals surface area contributed by atoms with Gasteiger partial charge in [-0.3, -0.25) is 0 Å². The van der Waals surface area contributed by atoms with Crippen LogP contribution in [0, 0.1) is 0 Å².